The van der Waals surface area contributed by atoms with Crippen LogP contribution in [0.25, 0.3) is 0 Å². The quantitative estimate of drug-likeness (QED) is 0.700. The molecule has 0 aliphatic rings. The molecule has 0 atom stereocenters. The summed E-state index contributed by atoms with van der Waals surface area (Å²) in [4.78, 5) is 2.57. The highest BCUT2D eigenvalue weighted by atomic mass is 32.2. The zero-order chi connectivity index (χ0) is 18.1. The van der Waals surface area contributed by atoms with Crippen LogP contribution < -0.4 is 10.5 Å². The summed E-state index contributed by atoms with van der Waals surface area (Å²) in [5.41, 5.74) is 7.01. The van der Waals surface area contributed by atoms with Gasteiger partial charge in [0.15, 0.2) is 9.84 Å². The monoisotopic (exact) mass is 362 g/mol. The van der Waals surface area contributed by atoms with Crippen molar-refractivity contribution in [2.24, 2.45) is 5.73 Å². The maximum atomic E-state index is 11.4. The highest BCUT2D eigenvalue weighted by molar-refractivity contribution is 7.90. The fraction of sp³-hybridized carbons (Fsp3) is 0.368. The number of rotatable bonds is 10. The average molecular weight is 362 g/mol. The molecular weight excluding hydrogens is 336 g/mol. The second-order valence-corrected chi connectivity index (χ2v) is 7.97. The molecular formula is C19H26N2O3S. The molecule has 0 fully saturated rings. The molecule has 2 aromatic carbocycles. The van der Waals surface area contributed by atoms with Crippen LogP contribution in [0.15, 0.2) is 59.5 Å². The second kappa shape index (κ2) is 9.56. The van der Waals surface area contributed by atoms with Crippen molar-refractivity contribution >= 4 is 9.84 Å². The number of hydrogen-bond donors (Lipinski definition) is 1. The molecule has 25 heavy (non-hydrogen) atoms. The van der Waals surface area contributed by atoms with Crippen molar-refractivity contribution in [3.63, 3.8) is 0 Å². The van der Waals surface area contributed by atoms with E-state index >= 15 is 0 Å². The van der Waals surface area contributed by atoms with Gasteiger partial charge in [-0.3, -0.25) is 4.90 Å². The predicted octanol–water partition coefficient (Wildman–Crippen LogP) is 1.97. The molecule has 0 aliphatic heterocycles. The van der Waals surface area contributed by atoms with Crippen LogP contribution in [0.3, 0.4) is 0 Å². The Hall–Kier alpha value is -1.89. The number of sulfone groups is 1. The smallest absolute Gasteiger partial charge is 0.175 e. The molecule has 0 saturated heterocycles. The lowest BCUT2D eigenvalue weighted by Gasteiger charge is -2.21. The largest absolute Gasteiger partial charge is 0.492 e. The molecule has 2 aromatic rings. The van der Waals surface area contributed by atoms with Gasteiger partial charge in [0.1, 0.15) is 12.4 Å². The van der Waals surface area contributed by atoms with Gasteiger partial charge in [0.25, 0.3) is 0 Å². The van der Waals surface area contributed by atoms with Crippen molar-refractivity contribution < 1.29 is 13.2 Å². The van der Waals surface area contributed by atoms with E-state index in [0.717, 1.165) is 26.1 Å². The highest BCUT2D eigenvalue weighted by Gasteiger charge is 2.08. The fourth-order valence-corrected chi connectivity index (χ4v) is 3.16. The van der Waals surface area contributed by atoms with E-state index in [1.54, 1.807) is 24.3 Å². The lowest BCUT2D eigenvalue weighted by molar-refractivity contribution is 0.214. The maximum Gasteiger partial charge on any atom is 0.175 e. The molecule has 0 heterocycles. The molecule has 0 unspecified atom stereocenters. The Labute approximate surface area is 150 Å². The van der Waals surface area contributed by atoms with Gasteiger partial charge in [-0.25, -0.2) is 8.42 Å². The Kier molecular flexibility index (Phi) is 7.43. The highest BCUT2D eigenvalue weighted by Crippen LogP contribution is 2.15. The first-order valence-electron chi connectivity index (χ1n) is 8.38. The van der Waals surface area contributed by atoms with E-state index in [-0.39, 0.29) is 0 Å². The zero-order valence-electron chi connectivity index (χ0n) is 14.6. The standard InChI is InChI=1S/C19H26N2O3S/c1-25(22,23)19-9-7-18(8-10-19)24-16-15-21(14-12-20)13-11-17-5-3-2-4-6-17/h2-10H,11-16,20H2,1H3. The van der Waals surface area contributed by atoms with Crippen molar-refractivity contribution in [1.29, 1.82) is 0 Å². The van der Waals surface area contributed by atoms with Gasteiger partial charge in [-0.15, -0.1) is 0 Å². The van der Waals surface area contributed by atoms with Crippen molar-refractivity contribution in [3.05, 3.63) is 60.2 Å². The number of hydrogen-bond acceptors (Lipinski definition) is 5. The van der Waals surface area contributed by atoms with Crippen LogP contribution in [0, 0.1) is 0 Å². The first-order chi connectivity index (χ1) is 12.0. The third kappa shape index (κ3) is 6.86. The number of nitrogens with zero attached hydrogens (tertiary/aromatic N) is 1. The van der Waals surface area contributed by atoms with Gasteiger partial charge in [0.2, 0.25) is 0 Å². The van der Waals surface area contributed by atoms with Crippen LogP contribution in [0.5, 0.6) is 5.75 Å². The first kappa shape index (κ1) is 19.4. The van der Waals surface area contributed by atoms with Gasteiger partial charge in [0.05, 0.1) is 4.90 Å². The molecule has 0 aliphatic carbocycles. The second-order valence-electron chi connectivity index (χ2n) is 5.96. The van der Waals surface area contributed by atoms with E-state index in [1.807, 2.05) is 18.2 Å². The van der Waals surface area contributed by atoms with Crippen molar-refractivity contribution in [2.45, 2.75) is 11.3 Å². The summed E-state index contributed by atoms with van der Waals surface area (Å²) in [6, 6.07) is 16.9. The maximum absolute atomic E-state index is 11.4. The van der Waals surface area contributed by atoms with Gasteiger partial charge in [-0.1, -0.05) is 30.3 Å². The van der Waals surface area contributed by atoms with E-state index in [4.69, 9.17) is 10.5 Å². The minimum atomic E-state index is -3.17. The summed E-state index contributed by atoms with van der Waals surface area (Å²) in [6.07, 6.45) is 2.17. The summed E-state index contributed by atoms with van der Waals surface area (Å²) in [5, 5.41) is 0. The number of ether oxygens (including phenoxy) is 1. The average Bonchev–Trinajstić information content (AvgIpc) is 2.60. The molecule has 136 valence electrons. The first-order valence-corrected chi connectivity index (χ1v) is 10.3. The Morgan fingerprint density at radius 2 is 1.64 bits per heavy atom. The lowest BCUT2D eigenvalue weighted by Crippen LogP contribution is -2.34. The third-order valence-corrected chi connectivity index (χ3v) is 5.06. The molecule has 0 radical (unpaired) electrons. The van der Waals surface area contributed by atoms with Gasteiger partial charge in [0, 0.05) is 32.4 Å². The van der Waals surface area contributed by atoms with Gasteiger partial charge in [-0.2, -0.15) is 0 Å². The van der Waals surface area contributed by atoms with Gasteiger partial charge in [-0.05, 0) is 36.2 Å². The summed E-state index contributed by atoms with van der Waals surface area (Å²) in [5.74, 6) is 0.670. The van der Waals surface area contributed by atoms with Crippen molar-refractivity contribution in [3.8, 4) is 5.75 Å². The molecule has 0 aromatic heterocycles. The summed E-state index contributed by atoms with van der Waals surface area (Å²) >= 11 is 0. The van der Waals surface area contributed by atoms with Crippen molar-refractivity contribution in [1.82, 2.24) is 4.90 Å². The molecule has 6 heteroatoms. The summed E-state index contributed by atoms with van der Waals surface area (Å²) in [7, 11) is -3.17. The topological polar surface area (TPSA) is 72.6 Å². The van der Waals surface area contributed by atoms with Crippen LogP contribution in [0.4, 0.5) is 0 Å². The molecule has 0 amide bonds. The van der Waals surface area contributed by atoms with E-state index < -0.39 is 9.84 Å². The van der Waals surface area contributed by atoms with Gasteiger partial charge < -0.3 is 10.5 Å². The van der Waals surface area contributed by atoms with Crippen LogP contribution in [0.1, 0.15) is 5.56 Å². The SMILES string of the molecule is CS(=O)(=O)c1ccc(OCCN(CCN)CCc2ccccc2)cc1. The molecule has 0 bridgehead atoms. The van der Waals surface area contributed by atoms with Crippen LogP contribution in [0.2, 0.25) is 0 Å². The Morgan fingerprint density at radius 3 is 2.24 bits per heavy atom. The summed E-state index contributed by atoms with van der Waals surface area (Å²) < 4.78 is 28.6. The normalized spacial score (nSPS) is 11.6. The number of benzene rings is 2. The van der Waals surface area contributed by atoms with Gasteiger partial charge >= 0.3 is 0 Å². The van der Waals surface area contributed by atoms with Crippen LogP contribution >= 0.6 is 0 Å². The lowest BCUT2D eigenvalue weighted by atomic mass is 10.1. The molecule has 5 nitrogen and oxygen atoms in total. The number of nitrogens with two attached hydrogens (primary N) is 1. The Morgan fingerprint density at radius 1 is 0.960 bits per heavy atom. The Balaban J connectivity index is 1.80. The van der Waals surface area contributed by atoms with E-state index in [9.17, 15) is 8.42 Å². The Bertz CT molecular complexity index is 731. The van der Waals surface area contributed by atoms with Crippen molar-refractivity contribution in [2.75, 3.05) is 39.0 Å². The van der Waals surface area contributed by atoms with Crippen LogP contribution in [-0.2, 0) is 16.3 Å². The van der Waals surface area contributed by atoms with E-state index in [0.29, 0.717) is 23.8 Å². The van der Waals surface area contributed by atoms with E-state index in [1.165, 1.54) is 11.8 Å². The molecule has 2 rings (SSSR count). The van der Waals surface area contributed by atoms with E-state index in [2.05, 4.69) is 17.0 Å². The molecule has 2 N–H and O–H groups in total. The zero-order valence-corrected chi connectivity index (χ0v) is 15.4. The predicted molar refractivity (Wildman–Crippen MR) is 101 cm³/mol. The third-order valence-electron chi connectivity index (χ3n) is 3.93. The minimum Gasteiger partial charge on any atom is -0.492 e. The minimum absolute atomic E-state index is 0.299. The summed E-state index contributed by atoms with van der Waals surface area (Å²) in [6.45, 7) is 3.67. The van der Waals surface area contributed by atoms with Crippen LogP contribution in [-0.4, -0.2) is 52.4 Å². The fourth-order valence-electron chi connectivity index (χ4n) is 2.53. The molecule has 0 spiro atoms. The molecule has 0 saturated carbocycles.